The van der Waals surface area contributed by atoms with Gasteiger partial charge in [-0.15, -0.1) is 0 Å². The first-order chi connectivity index (χ1) is 9.02. The summed E-state index contributed by atoms with van der Waals surface area (Å²) in [5.74, 6) is 0.530. The zero-order valence-electron chi connectivity index (χ0n) is 11.4. The second-order valence-electron chi connectivity index (χ2n) is 5.42. The predicted octanol–water partition coefficient (Wildman–Crippen LogP) is 3.03. The van der Waals surface area contributed by atoms with Crippen LogP contribution in [0, 0.1) is 10.1 Å². The van der Waals surface area contributed by atoms with Crippen LogP contribution >= 0.6 is 0 Å². The number of non-ortho nitro benzene ring substituents is 1. The maximum Gasteiger partial charge on any atom is 0.273 e. The lowest BCUT2D eigenvalue weighted by Gasteiger charge is -2.25. The molecule has 1 aromatic rings. The average molecular weight is 264 g/mol. The van der Waals surface area contributed by atoms with E-state index < -0.39 is 0 Å². The molecule has 1 fully saturated rings. The van der Waals surface area contributed by atoms with Gasteiger partial charge in [0, 0.05) is 18.2 Å². The van der Waals surface area contributed by atoms with E-state index in [4.69, 9.17) is 4.74 Å². The summed E-state index contributed by atoms with van der Waals surface area (Å²) in [7, 11) is 1.52. The van der Waals surface area contributed by atoms with Gasteiger partial charge in [-0.05, 0) is 31.4 Å². The van der Waals surface area contributed by atoms with E-state index in [2.05, 4.69) is 12.2 Å². The predicted molar refractivity (Wildman–Crippen MR) is 73.4 cm³/mol. The van der Waals surface area contributed by atoms with Gasteiger partial charge in [-0.25, -0.2) is 0 Å². The number of rotatable bonds is 5. The highest BCUT2D eigenvalue weighted by molar-refractivity contribution is 5.42. The summed E-state index contributed by atoms with van der Waals surface area (Å²) in [4.78, 5) is 10.5. The van der Waals surface area contributed by atoms with E-state index in [1.807, 2.05) is 6.07 Å². The molecule has 1 aliphatic carbocycles. The lowest BCUT2D eigenvalue weighted by Crippen LogP contribution is -2.38. The number of nitro groups is 1. The smallest absolute Gasteiger partial charge is 0.273 e. The van der Waals surface area contributed by atoms with Crippen molar-refractivity contribution in [1.29, 1.82) is 0 Å². The van der Waals surface area contributed by atoms with Crippen LogP contribution in [0.4, 0.5) is 5.69 Å². The molecule has 1 aliphatic rings. The van der Waals surface area contributed by atoms with Crippen LogP contribution in [0.3, 0.4) is 0 Å². The van der Waals surface area contributed by atoms with E-state index in [1.165, 1.54) is 38.9 Å². The van der Waals surface area contributed by atoms with Gasteiger partial charge in [-0.1, -0.05) is 12.8 Å². The molecular weight excluding hydrogens is 244 g/mol. The van der Waals surface area contributed by atoms with E-state index in [-0.39, 0.29) is 16.1 Å². The molecule has 1 N–H and O–H groups in total. The largest absolute Gasteiger partial charge is 0.496 e. The molecule has 5 heteroatoms. The molecule has 19 heavy (non-hydrogen) atoms. The van der Waals surface area contributed by atoms with Crippen molar-refractivity contribution in [3.8, 4) is 5.75 Å². The van der Waals surface area contributed by atoms with Gasteiger partial charge in [0.15, 0.2) is 0 Å². The van der Waals surface area contributed by atoms with E-state index in [0.717, 1.165) is 5.56 Å². The van der Waals surface area contributed by atoms with Crippen molar-refractivity contribution in [3.63, 3.8) is 0 Å². The van der Waals surface area contributed by atoms with Gasteiger partial charge in [-0.2, -0.15) is 0 Å². The maximum atomic E-state index is 10.9. The fourth-order valence-electron chi connectivity index (χ4n) is 2.62. The Hall–Kier alpha value is -1.62. The summed E-state index contributed by atoms with van der Waals surface area (Å²) >= 11 is 0. The minimum atomic E-state index is -0.386. The summed E-state index contributed by atoms with van der Waals surface area (Å²) in [5, 5.41) is 14.4. The van der Waals surface area contributed by atoms with Crippen LogP contribution in [0.25, 0.3) is 0 Å². The van der Waals surface area contributed by atoms with Crippen LogP contribution in [0.1, 0.15) is 38.2 Å². The lowest BCUT2D eigenvalue weighted by atomic mass is 10.0. The van der Waals surface area contributed by atoms with Crippen LogP contribution < -0.4 is 10.1 Å². The van der Waals surface area contributed by atoms with E-state index in [1.54, 1.807) is 6.07 Å². The van der Waals surface area contributed by atoms with Crippen LogP contribution in [0.5, 0.6) is 5.75 Å². The molecule has 0 amide bonds. The zero-order valence-corrected chi connectivity index (χ0v) is 11.4. The number of hydrogen-bond acceptors (Lipinski definition) is 4. The summed E-state index contributed by atoms with van der Waals surface area (Å²) in [5.41, 5.74) is 1.13. The molecule has 0 aliphatic heterocycles. The number of nitrogens with one attached hydrogen (secondary N) is 1. The van der Waals surface area contributed by atoms with Crippen LogP contribution in [-0.2, 0) is 6.54 Å². The summed E-state index contributed by atoms with van der Waals surface area (Å²) in [6.07, 6.45) is 4.83. The van der Waals surface area contributed by atoms with Crippen molar-refractivity contribution in [2.24, 2.45) is 0 Å². The van der Waals surface area contributed by atoms with Gasteiger partial charge >= 0.3 is 0 Å². The van der Waals surface area contributed by atoms with Crippen LogP contribution in [0.15, 0.2) is 18.2 Å². The average Bonchev–Trinajstić information content (AvgIpc) is 2.83. The molecule has 0 unspecified atom stereocenters. The molecular formula is C14H20N2O3. The summed E-state index contributed by atoms with van der Waals surface area (Å²) in [6, 6.07) is 4.90. The molecule has 0 atom stereocenters. The van der Waals surface area contributed by atoms with E-state index >= 15 is 0 Å². The minimum Gasteiger partial charge on any atom is -0.496 e. The number of nitro benzene ring substituents is 1. The zero-order chi connectivity index (χ0) is 13.9. The Morgan fingerprint density at radius 3 is 2.63 bits per heavy atom. The third-order valence-electron chi connectivity index (χ3n) is 3.82. The van der Waals surface area contributed by atoms with Gasteiger partial charge in [0.2, 0.25) is 0 Å². The Kier molecular flexibility index (Phi) is 4.04. The summed E-state index contributed by atoms with van der Waals surface area (Å²) in [6.45, 7) is 2.85. The highest BCUT2D eigenvalue weighted by Crippen LogP contribution is 2.30. The quantitative estimate of drug-likeness (QED) is 0.656. The first kappa shape index (κ1) is 13.8. The van der Waals surface area contributed by atoms with Crippen molar-refractivity contribution < 1.29 is 9.66 Å². The Labute approximate surface area is 113 Å². The van der Waals surface area contributed by atoms with Crippen molar-refractivity contribution in [2.75, 3.05) is 7.11 Å². The molecule has 0 bridgehead atoms. The number of methoxy groups -OCH3 is 1. The van der Waals surface area contributed by atoms with Crippen molar-refractivity contribution in [1.82, 2.24) is 5.32 Å². The summed E-state index contributed by atoms with van der Waals surface area (Å²) < 4.78 is 5.11. The monoisotopic (exact) mass is 264 g/mol. The molecule has 1 saturated carbocycles. The molecule has 5 nitrogen and oxygen atoms in total. The Morgan fingerprint density at radius 1 is 1.37 bits per heavy atom. The standard InChI is InChI=1S/C14H20N2O3/c1-14(5-3-4-6-14)15-10-11-7-12(16(17)18)9-13(8-11)19-2/h7-9,15H,3-6,10H2,1-2H3. The highest BCUT2D eigenvalue weighted by Gasteiger charge is 2.27. The fraction of sp³-hybridized carbons (Fsp3) is 0.571. The van der Waals surface area contributed by atoms with E-state index in [0.29, 0.717) is 12.3 Å². The normalized spacial score (nSPS) is 17.4. The highest BCUT2D eigenvalue weighted by atomic mass is 16.6. The minimum absolute atomic E-state index is 0.0766. The number of ether oxygens (including phenoxy) is 1. The van der Waals surface area contributed by atoms with Gasteiger partial charge < -0.3 is 10.1 Å². The van der Waals surface area contributed by atoms with Crippen molar-refractivity contribution in [3.05, 3.63) is 33.9 Å². The Bertz CT molecular complexity index is 468. The van der Waals surface area contributed by atoms with Gasteiger partial charge in [-0.3, -0.25) is 10.1 Å². The number of benzene rings is 1. The maximum absolute atomic E-state index is 10.9. The van der Waals surface area contributed by atoms with Crippen LogP contribution in [0.2, 0.25) is 0 Å². The van der Waals surface area contributed by atoms with Gasteiger partial charge in [0.25, 0.3) is 5.69 Å². The van der Waals surface area contributed by atoms with Gasteiger partial charge in [0.05, 0.1) is 18.1 Å². The van der Waals surface area contributed by atoms with Gasteiger partial charge in [0.1, 0.15) is 5.75 Å². The fourth-order valence-corrected chi connectivity index (χ4v) is 2.62. The molecule has 2 rings (SSSR count). The first-order valence-electron chi connectivity index (χ1n) is 6.60. The first-order valence-corrected chi connectivity index (χ1v) is 6.60. The van der Waals surface area contributed by atoms with Crippen LogP contribution in [-0.4, -0.2) is 17.6 Å². The third kappa shape index (κ3) is 3.44. The number of hydrogen-bond donors (Lipinski definition) is 1. The SMILES string of the molecule is COc1cc(CNC2(C)CCCC2)cc([N+](=O)[O-])c1. The molecule has 0 aromatic heterocycles. The molecule has 0 radical (unpaired) electrons. The molecule has 0 heterocycles. The van der Waals surface area contributed by atoms with Crippen molar-refractivity contribution in [2.45, 2.75) is 44.7 Å². The third-order valence-corrected chi connectivity index (χ3v) is 3.82. The Balaban J connectivity index is 2.10. The van der Waals surface area contributed by atoms with Crippen molar-refractivity contribution >= 4 is 5.69 Å². The molecule has 104 valence electrons. The molecule has 1 aromatic carbocycles. The molecule has 0 spiro atoms. The lowest BCUT2D eigenvalue weighted by molar-refractivity contribution is -0.385. The Morgan fingerprint density at radius 2 is 2.05 bits per heavy atom. The molecule has 0 saturated heterocycles. The second kappa shape index (κ2) is 5.57. The number of nitrogens with zero attached hydrogens (tertiary/aromatic N) is 1. The van der Waals surface area contributed by atoms with E-state index in [9.17, 15) is 10.1 Å². The topological polar surface area (TPSA) is 64.4 Å². The second-order valence-corrected chi connectivity index (χ2v) is 5.42.